The van der Waals surface area contributed by atoms with E-state index in [0.717, 1.165) is 24.3 Å². The number of nitrogens with zero attached hydrogens (tertiary/aromatic N) is 1. The Bertz CT molecular complexity index is 739. The first-order valence-corrected chi connectivity index (χ1v) is 5.92. The van der Waals surface area contributed by atoms with Gasteiger partial charge in [0.25, 0.3) is 0 Å². The molecule has 2 rings (SSSR count). The van der Waals surface area contributed by atoms with Crippen molar-refractivity contribution in [1.82, 2.24) is 0 Å². The van der Waals surface area contributed by atoms with Crippen molar-refractivity contribution in [2.45, 2.75) is 6.61 Å². The van der Waals surface area contributed by atoms with Crippen molar-refractivity contribution < 1.29 is 18.3 Å². The molecule has 0 aromatic heterocycles. The maximum atomic E-state index is 13.1. The van der Waals surface area contributed by atoms with Gasteiger partial charge in [0.1, 0.15) is 18.2 Å². The number of hydrogen-bond donors (Lipinski definition) is 1. The summed E-state index contributed by atoms with van der Waals surface area (Å²) < 4.78 is 31.0. The van der Waals surface area contributed by atoms with Crippen LogP contribution in [0.2, 0.25) is 0 Å². The second kappa shape index (κ2) is 6.01. The van der Waals surface area contributed by atoms with Gasteiger partial charge in [0, 0.05) is 11.3 Å². The van der Waals surface area contributed by atoms with E-state index in [0.29, 0.717) is 0 Å². The number of nitrogen functional groups attached to an aromatic ring is 1. The van der Waals surface area contributed by atoms with Gasteiger partial charge in [0.05, 0.1) is 17.2 Å². The van der Waals surface area contributed by atoms with Gasteiger partial charge in [-0.1, -0.05) is 0 Å². The molecule has 0 saturated heterocycles. The summed E-state index contributed by atoms with van der Waals surface area (Å²) in [5.41, 5.74) is 5.92. The van der Waals surface area contributed by atoms with Crippen LogP contribution in [0.3, 0.4) is 0 Å². The Labute approximate surface area is 119 Å². The first-order chi connectivity index (χ1) is 10.0. The number of esters is 1. The number of nitrogens with two attached hydrogens (primary N) is 1. The summed E-state index contributed by atoms with van der Waals surface area (Å²) in [5, 5.41) is 8.89. The van der Waals surface area contributed by atoms with Gasteiger partial charge in [-0.15, -0.1) is 0 Å². The number of hydrogen-bond acceptors (Lipinski definition) is 4. The molecule has 2 N–H and O–H groups in total. The van der Waals surface area contributed by atoms with E-state index in [1.54, 1.807) is 0 Å². The van der Waals surface area contributed by atoms with Crippen LogP contribution in [-0.4, -0.2) is 5.97 Å². The van der Waals surface area contributed by atoms with E-state index in [2.05, 4.69) is 0 Å². The smallest absolute Gasteiger partial charge is 0.340 e. The molecule has 0 heterocycles. The largest absolute Gasteiger partial charge is 0.457 e. The van der Waals surface area contributed by atoms with Crippen molar-refractivity contribution in [3.05, 3.63) is 64.7 Å². The summed E-state index contributed by atoms with van der Waals surface area (Å²) in [6, 6.07) is 8.70. The minimum Gasteiger partial charge on any atom is -0.457 e. The van der Waals surface area contributed by atoms with E-state index in [1.165, 1.54) is 12.1 Å². The van der Waals surface area contributed by atoms with Gasteiger partial charge in [-0.25, -0.2) is 13.6 Å². The Morgan fingerprint density at radius 3 is 2.52 bits per heavy atom. The number of rotatable bonds is 3. The monoisotopic (exact) mass is 288 g/mol. The summed E-state index contributed by atoms with van der Waals surface area (Å²) in [6.07, 6.45) is 0. The molecule has 2 aromatic carbocycles. The molecule has 2 aromatic rings. The molecule has 0 radical (unpaired) electrons. The molecule has 6 heteroatoms. The Balaban J connectivity index is 2.15. The van der Waals surface area contributed by atoms with E-state index < -0.39 is 17.6 Å². The predicted octanol–water partition coefficient (Wildman–Crippen LogP) is 2.78. The minimum absolute atomic E-state index is 0.00584. The second-order valence-corrected chi connectivity index (χ2v) is 4.22. The molecule has 0 aliphatic rings. The first-order valence-electron chi connectivity index (χ1n) is 5.92. The molecule has 0 bridgehead atoms. The average Bonchev–Trinajstić information content (AvgIpc) is 2.45. The van der Waals surface area contributed by atoms with Gasteiger partial charge >= 0.3 is 5.97 Å². The fraction of sp³-hybridized carbons (Fsp3) is 0.0667. The zero-order valence-corrected chi connectivity index (χ0v) is 10.8. The minimum atomic E-state index is -0.777. The topological polar surface area (TPSA) is 76.1 Å². The molecule has 0 aliphatic heterocycles. The van der Waals surface area contributed by atoms with E-state index in [-0.39, 0.29) is 29.0 Å². The first kappa shape index (κ1) is 14.5. The van der Waals surface area contributed by atoms with Crippen LogP contribution < -0.4 is 5.73 Å². The lowest BCUT2D eigenvalue weighted by atomic mass is 10.1. The predicted molar refractivity (Wildman–Crippen MR) is 71.0 cm³/mol. The van der Waals surface area contributed by atoms with Crippen molar-refractivity contribution in [3.8, 4) is 6.07 Å². The lowest BCUT2D eigenvalue weighted by Crippen LogP contribution is -2.09. The molecule has 0 unspecified atom stereocenters. The molecule has 106 valence electrons. The third-order valence-corrected chi connectivity index (χ3v) is 2.78. The van der Waals surface area contributed by atoms with E-state index in [1.807, 2.05) is 6.07 Å². The molecule has 0 aliphatic carbocycles. The summed E-state index contributed by atoms with van der Waals surface area (Å²) in [4.78, 5) is 11.8. The van der Waals surface area contributed by atoms with Gasteiger partial charge in [0.15, 0.2) is 0 Å². The molecular weight excluding hydrogens is 278 g/mol. The number of nitriles is 1. The van der Waals surface area contributed by atoms with Gasteiger partial charge in [-0.3, -0.25) is 0 Å². The molecule has 0 spiro atoms. The van der Waals surface area contributed by atoms with Crippen LogP contribution in [0, 0.1) is 23.0 Å². The standard InChI is InChI=1S/C15H10F2N2O2/c16-11-2-1-9(7-18)10(5-11)8-21-15(20)13-4-3-12(17)6-14(13)19/h1-6H,8,19H2. The van der Waals surface area contributed by atoms with Crippen LogP contribution in [0.5, 0.6) is 0 Å². The van der Waals surface area contributed by atoms with Crippen molar-refractivity contribution in [1.29, 1.82) is 5.26 Å². The highest BCUT2D eigenvalue weighted by atomic mass is 19.1. The van der Waals surface area contributed by atoms with Gasteiger partial charge in [-0.05, 0) is 36.4 Å². The number of halogens is 2. The third-order valence-electron chi connectivity index (χ3n) is 2.78. The van der Waals surface area contributed by atoms with E-state index >= 15 is 0 Å². The summed E-state index contributed by atoms with van der Waals surface area (Å²) in [7, 11) is 0. The molecule has 4 nitrogen and oxygen atoms in total. The van der Waals surface area contributed by atoms with Crippen LogP contribution in [0.1, 0.15) is 21.5 Å². The van der Waals surface area contributed by atoms with Crippen LogP contribution in [0.4, 0.5) is 14.5 Å². The molecule has 0 atom stereocenters. The van der Waals surface area contributed by atoms with E-state index in [9.17, 15) is 13.6 Å². The Hall–Kier alpha value is -2.94. The van der Waals surface area contributed by atoms with Crippen molar-refractivity contribution in [3.63, 3.8) is 0 Å². The fourth-order valence-electron chi connectivity index (χ4n) is 1.73. The Kier molecular flexibility index (Phi) is 4.14. The van der Waals surface area contributed by atoms with Gasteiger partial charge < -0.3 is 10.5 Å². The Morgan fingerprint density at radius 2 is 1.86 bits per heavy atom. The maximum Gasteiger partial charge on any atom is 0.340 e. The summed E-state index contributed by atoms with van der Waals surface area (Å²) in [6.45, 7) is -0.281. The summed E-state index contributed by atoms with van der Waals surface area (Å²) >= 11 is 0. The molecule has 0 amide bonds. The van der Waals surface area contributed by atoms with Crippen LogP contribution in [-0.2, 0) is 11.3 Å². The molecular formula is C15H10F2N2O2. The highest BCUT2D eigenvalue weighted by molar-refractivity contribution is 5.95. The van der Waals surface area contributed by atoms with Crippen molar-refractivity contribution in [2.24, 2.45) is 0 Å². The van der Waals surface area contributed by atoms with Crippen LogP contribution in [0.15, 0.2) is 36.4 Å². The Morgan fingerprint density at radius 1 is 1.19 bits per heavy atom. The molecule has 0 fully saturated rings. The van der Waals surface area contributed by atoms with Crippen molar-refractivity contribution >= 4 is 11.7 Å². The third kappa shape index (κ3) is 3.34. The lowest BCUT2D eigenvalue weighted by molar-refractivity contribution is 0.0473. The zero-order valence-electron chi connectivity index (χ0n) is 10.8. The average molecular weight is 288 g/mol. The number of carbonyl (C=O) groups is 1. The SMILES string of the molecule is N#Cc1ccc(F)cc1COC(=O)c1ccc(F)cc1N. The van der Waals surface area contributed by atoms with Crippen molar-refractivity contribution in [2.75, 3.05) is 5.73 Å². The number of benzene rings is 2. The zero-order chi connectivity index (χ0) is 15.4. The maximum absolute atomic E-state index is 13.1. The highest BCUT2D eigenvalue weighted by Crippen LogP contribution is 2.17. The number of carbonyl (C=O) groups excluding carboxylic acids is 1. The fourth-order valence-corrected chi connectivity index (χ4v) is 1.73. The highest BCUT2D eigenvalue weighted by Gasteiger charge is 2.13. The number of ether oxygens (including phenoxy) is 1. The quantitative estimate of drug-likeness (QED) is 0.696. The normalized spacial score (nSPS) is 9.95. The van der Waals surface area contributed by atoms with Gasteiger partial charge in [0.2, 0.25) is 0 Å². The molecule has 21 heavy (non-hydrogen) atoms. The van der Waals surface area contributed by atoms with Gasteiger partial charge in [-0.2, -0.15) is 5.26 Å². The second-order valence-electron chi connectivity index (χ2n) is 4.22. The number of anilines is 1. The summed E-state index contributed by atoms with van der Waals surface area (Å²) in [5.74, 6) is -1.89. The molecule has 0 saturated carbocycles. The van der Waals surface area contributed by atoms with Crippen LogP contribution in [0.25, 0.3) is 0 Å². The van der Waals surface area contributed by atoms with Crippen LogP contribution >= 0.6 is 0 Å². The van der Waals surface area contributed by atoms with E-state index in [4.69, 9.17) is 15.7 Å². The lowest BCUT2D eigenvalue weighted by Gasteiger charge is -2.08.